The molecule has 0 bridgehead atoms. The Morgan fingerprint density at radius 3 is 1.82 bits per heavy atom. The molecule has 1 nitrogen and oxygen atoms in total. The first kappa shape index (κ1) is 43.1. The van der Waals surface area contributed by atoms with Crippen LogP contribution >= 0.6 is 0 Å². The number of aryl methyl sites for hydroxylation is 2. The minimum absolute atomic E-state index is 0. The number of fused-ring (bicyclic) bond motifs is 2. The van der Waals surface area contributed by atoms with Gasteiger partial charge >= 0.3 is 41.9 Å². The predicted molar refractivity (Wildman–Crippen MR) is 205 cm³/mol. The zero-order chi connectivity index (χ0) is 34.8. The molecule has 1 atom stereocenters. The monoisotopic (exact) mass is 785 g/mol. The standard InChI is InChI=1S/C21H26N.C21H23.C2H6Si.2ClH.Zr/c1-14(2)16-12-17-11-15(3)22(20(17)13-16)19-9-7-18(8-10-19)21(4,5)6;1-14-12-19-15(2)6-11-18(20(19)13-14)16-7-9-17(10-8-16)21(3,4)5;1-3-2;;;/h7-11,13-15H,1-6H3;6-13H,1-5H3;1-2H3;2*1H;/q2*-1;;;;+2/p-2. The zero-order valence-corrected chi connectivity index (χ0v) is 36.9. The summed E-state index contributed by atoms with van der Waals surface area (Å²) in [6.07, 6.45) is 8.18. The molecule has 0 radical (unpaired) electrons. The van der Waals surface area contributed by atoms with Gasteiger partial charge < -0.3 is 29.7 Å². The van der Waals surface area contributed by atoms with Crippen LogP contribution in [0.1, 0.15) is 84.6 Å². The molecular formula is C44H55Cl2NSiZr-2. The van der Waals surface area contributed by atoms with Crippen LogP contribution in [0.15, 0.2) is 102 Å². The first-order valence-electron chi connectivity index (χ1n) is 17.1. The third-order valence-corrected chi connectivity index (χ3v) is 8.87. The molecule has 1 unspecified atom stereocenters. The second-order valence-corrected chi connectivity index (χ2v) is 25.2. The Balaban J connectivity index is 0.000000296. The van der Waals surface area contributed by atoms with E-state index in [1.807, 2.05) is 0 Å². The topological polar surface area (TPSA) is 3.24 Å². The molecule has 0 spiro atoms. The van der Waals surface area contributed by atoms with Gasteiger partial charge in [-0.05, 0) is 52.5 Å². The number of allylic oxidation sites excluding steroid dienone is 3. The number of nitrogens with zero attached hydrogens (tertiary/aromatic N) is 1. The average molecular weight is 788 g/mol. The summed E-state index contributed by atoms with van der Waals surface area (Å²) >= 11 is 1.74. The van der Waals surface area contributed by atoms with E-state index in [9.17, 15) is 0 Å². The van der Waals surface area contributed by atoms with Crippen molar-refractivity contribution in [3.05, 3.63) is 130 Å². The Morgan fingerprint density at radius 2 is 1.33 bits per heavy atom. The summed E-state index contributed by atoms with van der Waals surface area (Å²) in [6.45, 7) is 29.2. The van der Waals surface area contributed by atoms with Crippen molar-refractivity contribution >= 4 is 21.9 Å². The van der Waals surface area contributed by atoms with Gasteiger partial charge in [-0.15, -0.1) is 63.4 Å². The van der Waals surface area contributed by atoms with E-state index in [0.29, 0.717) is 12.0 Å². The molecule has 49 heavy (non-hydrogen) atoms. The Morgan fingerprint density at radius 1 is 0.816 bits per heavy atom. The van der Waals surface area contributed by atoms with E-state index in [1.54, 1.807) is 23.3 Å². The second-order valence-electron chi connectivity index (χ2n) is 15.9. The predicted octanol–water partition coefficient (Wildman–Crippen LogP) is 6.33. The van der Waals surface area contributed by atoms with E-state index >= 15 is 0 Å². The number of hydrogen-bond donors (Lipinski definition) is 0. The van der Waals surface area contributed by atoms with Gasteiger partial charge in [0, 0.05) is 11.7 Å². The van der Waals surface area contributed by atoms with Gasteiger partial charge in [0.05, 0.1) is 0 Å². The quantitative estimate of drug-likeness (QED) is 0.173. The van der Waals surface area contributed by atoms with Crippen LogP contribution in [-0.2, 0) is 34.2 Å². The van der Waals surface area contributed by atoms with Crippen LogP contribution in [0.5, 0.6) is 0 Å². The second kappa shape index (κ2) is 17.5. The van der Waals surface area contributed by atoms with Gasteiger partial charge in [0.25, 0.3) is 0 Å². The minimum Gasteiger partial charge on any atom is -1.00 e. The van der Waals surface area contributed by atoms with Gasteiger partial charge in [-0.3, -0.25) is 0 Å². The van der Waals surface area contributed by atoms with E-state index in [-0.39, 0.29) is 41.1 Å². The molecular weight excluding hydrogens is 733 g/mol. The summed E-state index contributed by atoms with van der Waals surface area (Å²) in [6, 6.07) is 27.5. The molecule has 1 heterocycles. The fourth-order valence-corrected chi connectivity index (χ4v) is 6.14. The van der Waals surface area contributed by atoms with Gasteiger partial charge in [0.1, 0.15) is 0 Å². The first-order valence-corrected chi connectivity index (χ1v) is 23.3. The van der Waals surface area contributed by atoms with Crippen LogP contribution in [0.25, 0.3) is 21.9 Å². The Hall–Kier alpha value is -2.03. The molecule has 0 N–H and O–H groups in total. The van der Waals surface area contributed by atoms with E-state index in [0.717, 1.165) is 0 Å². The Bertz CT molecular complexity index is 1820. The van der Waals surface area contributed by atoms with Crippen molar-refractivity contribution in [1.82, 2.24) is 0 Å². The first-order chi connectivity index (χ1) is 21.9. The number of benzene rings is 3. The molecule has 1 aliphatic carbocycles. The molecule has 1 aliphatic heterocycles. The summed E-state index contributed by atoms with van der Waals surface area (Å²) < 4.78 is 0. The summed E-state index contributed by atoms with van der Waals surface area (Å²) in [7, 11) is 0. The van der Waals surface area contributed by atoms with Crippen molar-refractivity contribution in [2.75, 3.05) is 4.90 Å². The molecule has 4 aromatic carbocycles. The molecule has 5 heteroatoms. The molecule has 4 aromatic rings. The van der Waals surface area contributed by atoms with E-state index in [1.165, 1.54) is 66.7 Å². The van der Waals surface area contributed by atoms with E-state index in [4.69, 9.17) is 0 Å². The van der Waals surface area contributed by atoms with Crippen LogP contribution in [0, 0.1) is 25.8 Å². The van der Waals surface area contributed by atoms with Crippen molar-refractivity contribution in [2.24, 2.45) is 5.92 Å². The van der Waals surface area contributed by atoms with Crippen LogP contribution in [0.3, 0.4) is 0 Å². The summed E-state index contributed by atoms with van der Waals surface area (Å²) in [4.78, 5) is 2.42. The smallest absolute Gasteiger partial charge is 0.0132 e. The third kappa shape index (κ3) is 10.7. The van der Waals surface area contributed by atoms with Crippen molar-refractivity contribution < 1.29 is 48.1 Å². The SMILES string of the molecule is CC(C)C1=[C-]C2=CC(C)N(c3ccc(C(C)(C)C)cc3)C2=C1.C[Si](C)=[Zr+2].Cc1cc2c(-c3ccc(C(C)(C)C)cc3)ccc(C)c2[cH-]1.[Cl-].[Cl-]. The number of anilines is 1. The molecule has 0 fully saturated rings. The number of hydrogen-bond acceptors (Lipinski definition) is 1. The zero-order valence-electron chi connectivity index (χ0n) is 31.9. The van der Waals surface area contributed by atoms with Crippen LogP contribution in [0.4, 0.5) is 5.69 Å². The van der Waals surface area contributed by atoms with Gasteiger partial charge in [-0.2, -0.15) is 6.07 Å². The molecule has 260 valence electrons. The average Bonchev–Trinajstić information content (AvgIpc) is 3.65. The fraction of sp³-hybridized carbons (Fsp3) is 0.386. The maximum atomic E-state index is 3.56. The molecule has 0 amide bonds. The fourth-order valence-electron chi connectivity index (χ4n) is 6.14. The van der Waals surface area contributed by atoms with Gasteiger partial charge in [0.15, 0.2) is 0 Å². The van der Waals surface area contributed by atoms with Crippen molar-refractivity contribution in [1.29, 1.82) is 0 Å². The van der Waals surface area contributed by atoms with Gasteiger partial charge in [0.2, 0.25) is 0 Å². The van der Waals surface area contributed by atoms with Crippen molar-refractivity contribution in [3.63, 3.8) is 0 Å². The van der Waals surface area contributed by atoms with Crippen molar-refractivity contribution in [3.8, 4) is 11.1 Å². The minimum atomic E-state index is 0. The maximum Gasteiger partial charge on any atom is -0.0132 e. The van der Waals surface area contributed by atoms with Crippen LogP contribution < -0.4 is 29.7 Å². The third-order valence-electron chi connectivity index (χ3n) is 8.87. The largest absolute Gasteiger partial charge is 1.00 e. The van der Waals surface area contributed by atoms with Crippen LogP contribution in [0.2, 0.25) is 13.1 Å². The molecule has 6 rings (SSSR count). The Labute approximate surface area is 325 Å². The molecule has 0 saturated carbocycles. The molecule has 0 saturated heterocycles. The maximum absolute atomic E-state index is 3.56. The molecule has 2 aliphatic rings. The van der Waals surface area contributed by atoms with E-state index < -0.39 is 0 Å². The van der Waals surface area contributed by atoms with Crippen molar-refractivity contribution in [2.45, 2.75) is 106 Å². The van der Waals surface area contributed by atoms with Gasteiger partial charge in [-0.25, -0.2) is 0 Å². The van der Waals surface area contributed by atoms with Crippen LogP contribution in [-0.4, -0.2) is 11.5 Å². The molecule has 0 aromatic heterocycles. The number of halogens is 2. The summed E-state index contributed by atoms with van der Waals surface area (Å²) in [5.74, 6) is 0.527. The van der Waals surface area contributed by atoms with Gasteiger partial charge in [-0.1, -0.05) is 123 Å². The summed E-state index contributed by atoms with van der Waals surface area (Å²) in [5.41, 5.74) is 13.9. The Kier molecular flexibility index (Phi) is 15.4. The normalized spacial score (nSPS) is 15.1. The summed E-state index contributed by atoms with van der Waals surface area (Å²) in [5, 5.41) is 2.75. The van der Waals surface area contributed by atoms with E-state index in [2.05, 4.69) is 185 Å². The number of rotatable bonds is 3.